The molecular formula is C10H17N3O2. The lowest BCUT2D eigenvalue weighted by Gasteiger charge is -2.13. The van der Waals surface area contributed by atoms with E-state index in [1.807, 2.05) is 24.6 Å². The molecule has 5 heteroatoms. The summed E-state index contributed by atoms with van der Waals surface area (Å²) in [5, 5.41) is 5.50. The van der Waals surface area contributed by atoms with Crippen molar-refractivity contribution in [3.8, 4) is 0 Å². The Kier molecular flexibility index (Phi) is 3.85. The molecule has 0 atom stereocenters. The zero-order valence-electron chi connectivity index (χ0n) is 9.65. The summed E-state index contributed by atoms with van der Waals surface area (Å²) in [7, 11) is 3.07. The average molecular weight is 211 g/mol. The van der Waals surface area contributed by atoms with Crippen molar-refractivity contribution in [3.63, 3.8) is 0 Å². The van der Waals surface area contributed by atoms with E-state index in [0.29, 0.717) is 13.0 Å². The molecule has 1 amide bonds. The lowest BCUT2D eigenvalue weighted by Crippen LogP contribution is -2.26. The van der Waals surface area contributed by atoms with Gasteiger partial charge in [-0.15, -0.1) is 0 Å². The van der Waals surface area contributed by atoms with Crippen molar-refractivity contribution in [2.24, 2.45) is 0 Å². The molecule has 0 fully saturated rings. The van der Waals surface area contributed by atoms with Crippen LogP contribution in [0.2, 0.25) is 0 Å². The first kappa shape index (κ1) is 11.7. The Morgan fingerprint density at radius 3 is 2.73 bits per heavy atom. The summed E-state index contributed by atoms with van der Waals surface area (Å²) in [5.41, 5.74) is 2.04. The van der Waals surface area contributed by atoms with E-state index in [1.54, 1.807) is 7.05 Å². The SMILES string of the molecule is CON(C)C(=O)CCn1nc(C)cc1C. The number of nitrogens with zero attached hydrogens (tertiary/aromatic N) is 3. The number of aryl methyl sites for hydroxylation is 3. The molecule has 0 aromatic carbocycles. The Morgan fingerprint density at radius 2 is 2.27 bits per heavy atom. The van der Waals surface area contributed by atoms with Gasteiger partial charge < -0.3 is 0 Å². The summed E-state index contributed by atoms with van der Waals surface area (Å²) in [6, 6.07) is 1.99. The molecule has 0 aliphatic carbocycles. The summed E-state index contributed by atoms with van der Waals surface area (Å²) in [5.74, 6) is -0.0509. The second-order valence-corrected chi connectivity index (χ2v) is 3.47. The third kappa shape index (κ3) is 3.06. The van der Waals surface area contributed by atoms with E-state index in [9.17, 15) is 4.79 Å². The maximum Gasteiger partial charge on any atom is 0.247 e. The van der Waals surface area contributed by atoms with Gasteiger partial charge in [-0.2, -0.15) is 5.10 Å². The normalized spacial score (nSPS) is 10.4. The van der Waals surface area contributed by atoms with Gasteiger partial charge in [0, 0.05) is 19.2 Å². The highest BCUT2D eigenvalue weighted by Crippen LogP contribution is 2.03. The zero-order valence-corrected chi connectivity index (χ0v) is 9.65. The number of carbonyl (C=O) groups is 1. The van der Waals surface area contributed by atoms with E-state index < -0.39 is 0 Å². The quantitative estimate of drug-likeness (QED) is 0.695. The number of aromatic nitrogens is 2. The van der Waals surface area contributed by atoms with Gasteiger partial charge in [-0.1, -0.05) is 0 Å². The summed E-state index contributed by atoms with van der Waals surface area (Å²) in [6.45, 7) is 4.50. The van der Waals surface area contributed by atoms with E-state index >= 15 is 0 Å². The third-order valence-corrected chi connectivity index (χ3v) is 2.27. The number of rotatable bonds is 4. The lowest BCUT2D eigenvalue weighted by molar-refractivity contribution is -0.168. The molecule has 0 bridgehead atoms. The van der Waals surface area contributed by atoms with E-state index in [4.69, 9.17) is 4.84 Å². The van der Waals surface area contributed by atoms with Gasteiger partial charge >= 0.3 is 0 Å². The monoisotopic (exact) mass is 211 g/mol. The number of amides is 1. The van der Waals surface area contributed by atoms with Crippen LogP contribution in [0.25, 0.3) is 0 Å². The third-order valence-electron chi connectivity index (χ3n) is 2.27. The van der Waals surface area contributed by atoms with Crippen molar-refractivity contribution in [3.05, 3.63) is 17.5 Å². The van der Waals surface area contributed by atoms with Gasteiger partial charge in [-0.25, -0.2) is 5.06 Å². The maximum absolute atomic E-state index is 11.4. The first-order chi connectivity index (χ1) is 7.04. The molecule has 1 heterocycles. The molecule has 1 aromatic heterocycles. The predicted molar refractivity (Wildman–Crippen MR) is 56.1 cm³/mol. The van der Waals surface area contributed by atoms with Gasteiger partial charge in [-0.3, -0.25) is 14.3 Å². The van der Waals surface area contributed by atoms with Crippen molar-refractivity contribution < 1.29 is 9.63 Å². The number of hydrogen-bond acceptors (Lipinski definition) is 3. The first-order valence-electron chi connectivity index (χ1n) is 4.86. The van der Waals surface area contributed by atoms with Gasteiger partial charge in [0.1, 0.15) is 0 Å². The molecule has 0 aliphatic heterocycles. The van der Waals surface area contributed by atoms with Crippen LogP contribution in [-0.4, -0.2) is 34.9 Å². The molecule has 5 nitrogen and oxygen atoms in total. The van der Waals surface area contributed by atoms with E-state index in [-0.39, 0.29) is 5.91 Å². The molecule has 0 unspecified atom stereocenters. The van der Waals surface area contributed by atoms with Crippen LogP contribution in [0.5, 0.6) is 0 Å². The van der Waals surface area contributed by atoms with Crippen LogP contribution >= 0.6 is 0 Å². The van der Waals surface area contributed by atoms with Crippen molar-refractivity contribution in [2.45, 2.75) is 26.8 Å². The average Bonchev–Trinajstić information content (AvgIpc) is 2.52. The summed E-state index contributed by atoms with van der Waals surface area (Å²) in [6.07, 6.45) is 0.395. The summed E-state index contributed by atoms with van der Waals surface area (Å²) < 4.78 is 1.83. The fourth-order valence-corrected chi connectivity index (χ4v) is 1.36. The second kappa shape index (κ2) is 4.93. The molecule has 0 spiro atoms. The van der Waals surface area contributed by atoms with Crippen LogP contribution < -0.4 is 0 Å². The van der Waals surface area contributed by atoms with E-state index in [1.165, 1.54) is 12.2 Å². The zero-order chi connectivity index (χ0) is 11.4. The highest BCUT2D eigenvalue weighted by Gasteiger charge is 2.09. The molecule has 1 rings (SSSR count). The predicted octanol–water partition coefficient (Wildman–Crippen LogP) is 0.910. The maximum atomic E-state index is 11.4. The van der Waals surface area contributed by atoms with Gasteiger partial charge in [-0.05, 0) is 19.9 Å². The van der Waals surface area contributed by atoms with Gasteiger partial charge in [0.25, 0.3) is 0 Å². The van der Waals surface area contributed by atoms with Crippen molar-refractivity contribution in [1.29, 1.82) is 0 Å². The highest BCUT2D eigenvalue weighted by molar-refractivity contribution is 5.74. The van der Waals surface area contributed by atoms with Crippen LogP contribution in [0, 0.1) is 13.8 Å². The Hall–Kier alpha value is -1.36. The van der Waals surface area contributed by atoms with Crippen molar-refractivity contribution >= 4 is 5.91 Å². The molecule has 0 radical (unpaired) electrons. The molecule has 1 aromatic rings. The molecule has 0 aliphatic rings. The van der Waals surface area contributed by atoms with Crippen LogP contribution in [-0.2, 0) is 16.2 Å². The minimum absolute atomic E-state index is 0.0509. The molecule has 0 saturated carbocycles. The van der Waals surface area contributed by atoms with E-state index in [2.05, 4.69) is 5.10 Å². The minimum atomic E-state index is -0.0509. The first-order valence-corrected chi connectivity index (χ1v) is 4.86. The number of carbonyl (C=O) groups excluding carboxylic acids is 1. The smallest absolute Gasteiger partial charge is 0.247 e. The van der Waals surface area contributed by atoms with Crippen molar-refractivity contribution in [1.82, 2.24) is 14.8 Å². The van der Waals surface area contributed by atoms with Crippen LogP contribution in [0.3, 0.4) is 0 Å². The Labute approximate surface area is 89.6 Å². The fraction of sp³-hybridized carbons (Fsp3) is 0.600. The topological polar surface area (TPSA) is 47.4 Å². The van der Waals surface area contributed by atoms with Crippen molar-refractivity contribution in [2.75, 3.05) is 14.2 Å². The molecule has 0 N–H and O–H groups in total. The highest BCUT2D eigenvalue weighted by atomic mass is 16.7. The number of hydrogen-bond donors (Lipinski definition) is 0. The molecule has 84 valence electrons. The van der Waals surface area contributed by atoms with Crippen LogP contribution in [0.1, 0.15) is 17.8 Å². The minimum Gasteiger partial charge on any atom is -0.275 e. The van der Waals surface area contributed by atoms with Crippen LogP contribution in [0.15, 0.2) is 6.07 Å². The van der Waals surface area contributed by atoms with E-state index in [0.717, 1.165) is 11.4 Å². The standard InChI is InChI=1S/C10H17N3O2/c1-8-7-9(2)13(11-8)6-5-10(14)12(3)15-4/h7H,5-6H2,1-4H3. The van der Waals surface area contributed by atoms with Gasteiger partial charge in [0.2, 0.25) is 5.91 Å². The largest absolute Gasteiger partial charge is 0.275 e. The Bertz CT molecular complexity index is 346. The number of hydroxylamine groups is 2. The Morgan fingerprint density at radius 1 is 1.60 bits per heavy atom. The molecule has 15 heavy (non-hydrogen) atoms. The molecule has 0 saturated heterocycles. The van der Waals surface area contributed by atoms with Gasteiger partial charge in [0.05, 0.1) is 19.3 Å². The fourth-order valence-electron chi connectivity index (χ4n) is 1.36. The van der Waals surface area contributed by atoms with Crippen LogP contribution in [0.4, 0.5) is 0 Å². The lowest BCUT2D eigenvalue weighted by atomic mass is 10.3. The summed E-state index contributed by atoms with van der Waals surface area (Å²) in [4.78, 5) is 16.2. The van der Waals surface area contributed by atoms with Gasteiger partial charge in [0.15, 0.2) is 0 Å². The molecular weight excluding hydrogens is 194 g/mol. The summed E-state index contributed by atoms with van der Waals surface area (Å²) >= 11 is 0. The Balaban J connectivity index is 2.50. The second-order valence-electron chi connectivity index (χ2n) is 3.47.